The predicted molar refractivity (Wildman–Crippen MR) is 61.4 cm³/mol. The van der Waals surface area contributed by atoms with E-state index in [-0.39, 0.29) is 0 Å². The van der Waals surface area contributed by atoms with Crippen LogP contribution in [0.1, 0.15) is 24.1 Å². The molecule has 0 atom stereocenters. The lowest BCUT2D eigenvalue weighted by atomic mass is 9.69. The monoisotopic (exact) mass is 262 g/mol. The van der Waals surface area contributed by atoms with E-state index in [2.05, 4.69) is 40.7 Å². The second kappa shape index (κ2) is 3.35. The molecule has 2 rings (SSSR count). The highest BCUT2D eigenvalue weighted by Crippen LogP contribution is 2.47. The summed E-state index contributed by atoms with van der Waals surface area (Å²) < 4.78 is 1.24. The minimum absolute atomic E-state index is 0.430. The van der Waals surface area contributed by atoms with E-state index in [1.807, 2.05) is 11.3 Å². The lowest BCUT2D eigenvalue weighted by Gasteiger charge is -2.40. The zero-order chi connectivity index (χ0) is 8.60. The van der Waals surface area contributed by atoms with Gasteiger partial charge in [-0.15, -0.1) is 11.3 Å². The summed E-state index contributed by atoms with van der Waals surface area (Å²) in [5, 5.41) is 0. The van der Waals surface area contributed by atoms with Crippen molar-refractivity contribution in [2.45, 2.75) is 24.7 Å². The third kappa shape index (κ3) is 1.36. The Bertz CT molecular complexity index is 270. The Kier molecular flexibility index (Phi) is 2.54. The lowest BCUT2D eigenvalue weighted by molar-refractivity contribution is 0.285. The van der Waals surface area contributed by atoms with Crippen molar-refractivity contribution in [2.24, 2.45) is 0 Å². The van der Waals surface area contributed by atoms with Crippen LogP contribution in [0.2, 0.25) is 0 Å². The first-order valence-electron chi connectivity index (χ1n) is 4.13. The molecule has 0 bridgehead atoms. The van der Waals surface area contributed by atoms with Crippen LogP contribution < -0.4 is 0 Å². The van der Waals surface area contributed by atoms with E-state index in [1.165, 1.54) is 27.9 Å². The molecule has 66 valence electrons. The molecule has 0 N–H and O–H groups in total. The van der Waals surface area contributed by atoms with Crippen molar-refractivity contribution in [2.75, 3.05) is 5.75 Å². The quantitative estimate of drug-likeness (QED) is 0.769. The summed E-state index contributed by atoms with van der Waals surface area (Å²) in [7, 11) is 0. The standard InChI is InChI=1S/C9H11BrS2/c10-8-3-2-7(12-8)9(6-11)4-1-5-9/h2-3,11H,1,4-6H2. The molecule has 0 unspecified atom stereocenters. The molecule has 0 saturated heterocycles. The second-order valence-corrected chi connectivity index (χ2v) is 6.17. The normalized spacial score (nSPS) is 20.5. The van der Waals surface area contributed by atoms with Crippen LogP contribution >= 0.6 is 39.9 Å². The summed E-state index contributed by atoms with van der Waals surface area (Å²) in [6, 6.07) is 4.38. The Morgan fingerprint density at radius 1 is 1.50 bits per heavy atom. The van der Waals surface area contributed by atoms with Gasteiger partial charge in [-0.25, -0.2) is 0 Å². The summed E-state index contributed by atoms with van der Waals surface area (Å²) in [6.45, 7) is 0. The van der Waals surface area contributed by atoms with Crippen LogP contribution in [0.25, 0.3) is 0 Å². The highest BCUT2D eigenvalue weighted by molar-refractivity contribution is 9.11. The molecule has 12 heavy (non-hydrogen) atoms. The van der Waals surface area contributed by atoms with Crippen LogP contribution in [0, 0.1) is 0 Å². The molecule has 1 aliphatic carbocycles. The molecule has 1 aromatic heterocycles. The average molecular weight is 263 g/mol. The molecule has 1 saturated carbocycles. The molecule has 1 aromatic rings. The molecule has 0 nitrogen and oxygen atoms in total. The number of halogens is 1. The molecule has 0 aromatic carbocycles. The maximum Gasteiger partial charge on any atom is 0.0701 e. The van der Waals surface area contributed by atoms with E-state index >= 15 is 0 Å². The highest BCUT2D eigenvalue weighted by Gasteiger charge is 2.38. The third-order valence-electron chi connectivity index (χ3n) is 2.71. The maximum absolute atomic E-state index is 4.44. The van der Waals surface area contributed by atoms with E-state index in [0.29, 0.717) is 5.41 Å². The number of hydrogen-bond acceptors (Lipinski definition) is 2. The SMILES string of the molecule is SCC1(c2ccc(Br)s2)CCC1. The van der Waals surface area contributed by atoms with Crippen LogP contribution in [-0.4, -0.2) is 5.75 Å². The van der Waals surface area contributed by atoms with Gasteiger partial charge in [-0.1, -0.05) is 6.42 Å². The zero-order valence-electron chi connectivity index (χ0n) is 6.72. The molecule has 3 heteroatoms. The van der Waals surface area contributed by atoms with Gasteiger partial charge in [0.05, 0.1) is 3.79 Å². The summed E-state index contributed by atoms with van der Waals surface area (Å²) in [6.07, 6.45) is 4.02. The first-order chi connectivity index (χ1) is 5.77. The van der Waals surface area contributed by atoms with Gasteiger partial charge in [-0.3, -0.25) is 0 Å². The molecular weight excluding hydrogens is 252 g/mol. The minimum Gasteiger partial charge on any atom is -0.178 e. The van der Waals surface area contributed by atoms with Crippen LogP contribution in [-0.2, 0) is 5.41 Å². The molecule has 0 spiro atoms. The molecule has 1 aliphatic rings. The largest absolute Gasteiger partial charge is 0.178 e. The maximum atomic E-state index is 4.44. The number of rotatable bonds is 2. The second-order valence-electron chi connectivity index (χ2n) is 3.40. The number of thiophene rings is 1. The summed E-state index contributed by atoms with van der Waals surface area (Å²) in [5.74, 6) is 1.000. The average Bonchev–Trinajstić information content (AvgIpc) is 2.35. The number of thiol groups is 1. The minimum atomic E-state index is 0.430. The Labute approximate surface area is 90.9 Å². The number of hydrogen-bond donors (Lipinski definition) is 1. The van der Waals surface area contributed by atoms with Gasteiger partial charge in [-0.05, 0) is 40.9 Å². The van der Waals surface area contributed by atoms with Crippen molar-refractivity contribution in [1.82, 2.24) is 0 Å². The Hall–Kier alpha value is 0.530. The highest BCUT2D eigenvalue weighted by atomic mass is 79.9. The van der Waals surface area contributed by atoms with Gasteiger partial charge in [0.25, 0.3) is 0 Å². The fourth-order valence-corrected chi connectivity index (χ4v) is 3.91. The van der Waals surface area contributed by atoms with Gasteiger partial charge in [0, 0.05) is 16.0 Å². The molecule has 0 amide bonds. The van der Waals surface area contributed by atoms with E-state index in [0.717, 1.165) is 5.75 Å². The third-order valence-corrected chi connectivity index (χ3v) is 5.18. The van der Waals surface area contributed by atoms with Gasteiger partial charge in [-0.2, -0.15) is 12.6 Å². The van der Waals surface area contributed by atoms with E-state index in [9.17, 15) is 0 Å². The fraction of sp³-hybridized carbons (Fsp3) is 0.556. The summed E-state index contributed by atoms with van der Waals surface area (Å²) in [5.41, 5.74) is 0.430. The van der Waals surface area contributed by atoms with Crippen molar-refractivity contribution >= 4 is 39.9 Å². The van der Waals surface area contributed by atoms with Crippen molar-refractivity contribution in [3.05, 3.63) is 20.8 Å². The van der Waals surface area contributed by atoms with Crippen LogP contribution in [0.5, 0.6) is 0 Å². The van der Waals surface area contributed by atoms with E-state index in [4.69, 9.17) is 0 Å². The van der Waals surface area contributed by atoms with Crippen molar-refractivity contribution in [3.8, 4) is 0 Å². The van der Waals surface area contributed by atoms with Gasteiger partial charge < -0.3 is 0 Å². The fourth-order valence-electron chi connectivity index (χ4n) is 1.69. The van der Waals surface area contributed by atoms with Gasteiger partial charge in [0.2, 0.25) is 0 Å². The van der Waals surface area contributed by atoms with E-state index in [1.54, 1.807) is 0 Å². The molecule has 0 radical (unpaired) electrons. The molecule has 1 fully saturated rings. The van der Waals surface area contributed by atoms with Gasteiger partial charge >= 0.3 is 0 Å². The summed E-state index contributed by atoms with van der Waals surface area (Å²) in [4.78, 5) is 1.51. The first kappa shape index (κ1) is 9.10. The Morgan fingerprint density at radius 2 is 2.25 bits per heavy atom. The lowest BCUT2D eigenvalue weighted by Crippen LogP contribution is -2.35. The zero-order valence-corrected chi connectivity index (χ0v) is 10.0. The molecule has 0 aliphatic heterocycles. The molecule has 1 heterocycles. The van der Waals surface area contributed by atoms with Crippen molar-refractivity contribution in [3.63, 3.8) is 0 Å². The van der Waals surface area contributed by atoms with E-state index < -0.39 is 0 Å². The Morgan fingerprint density at radius 3 is 2.58 bits per heavy atom. The topological polar surface area (TPSA) is 0 Å². The summed E-state index contributed by atoms with van der Waals surface area (Å²) >= 11 is 9.81. The smallest absolute Gasteiger partial charge is 0.0701 e. The van der Waals surface area contributed by atoms with Crippen LogP contribution in [0.4, 0.5) is 0 Å². The van der Waals surface area contributed by atoms with Crippen LogP contribution in [0.15, 0.2) is 15.9 Å². The van der Waals surface area contributed by atoms with Crippen molar-refractivity contribution in [1.29, 1.82) is 0 Å². The molecular formula is C9H11BrS2. The predicted octanol–water partition coefficient (Wildman–Crippen LogP) is 3.86. The van der Waals surface area contributed by atoms with Gasteiger partial charge in [0.15, 0.2) is 0 Å². The van der Waals surface area contributed by atoms with Crippen molar-refractivity contribution < 1.29 is 0 Å². The van der Waals surface area contributed by atoms with Crippen LogP contribution in [0.3, 0.4) is 0 Å². The van der Waals surface area contributed by atoms with Gasteiger partial charge in [0.1, 0.15) is 0 Å². The Balaban J connectivity index is 2.27. The first-order valence-corrected chi connectivity index (χ1v) is 6.38.